The van der Waals surface area contributed by atoms with Crippen LogP contribution in [0.5, 0.6) is 11.5 Å². The fraction of sp³-hybridized carbons (Fsp3) is 0. The molecule has 0 amide bonds. The van der Waals surface area contributed by atoms with Gasteiger partial charge in [0.1, 0.15) is 17.3 Å². The lowest BCUT2D eigenvalue weighted by atomic mass is 10.2. The molecule has 2 rings (SSSR count). The predicted octanol–water partition coefficient (Wildman–Crippen LogP) is 4.39. The number of benzene rings is 2. The van der Waals surface area contributed by atoms with Gasteiger partial charge in [-0.2, -0.15) is 0 Å². The Balaban J connectivity index is 2.38. The summed E-state index contributed by atoms with van der Waals surface area (Å²) in [4.78, 5) is 10.4. The molecule has 0 aliphatic rings. The molecule has 0 aliphatic carbocycles. The zero-order valence-electron chi connectivity index (χ0n) is 9.36. The van der Waals surface area contributed by atoms with E-state index in [1.807, 2.05) is 0 Å². The molecule has 0 aliphatic heterocycles. The molecule has 19 heavy (non-hydrogen) atoms. The van der Waals surface area contributed by atoms with E-state index in [-0.39, 0.29) is 27.9 Å². The summed E-state index contributed by atoms with van der Waals surface area (Å²) in [6, 6.07) is 5.26. The number of ether oxygens (including phenoxy) is 1. The van der Waals surface area contributed by atoms with Crippen LogP contribution >= 0.6 is 11.6 Å². The highest BCUT2D eigenvalue weighted by atomic mass is 35.5. The molecule has 0 radical (unpaired) electrons. The summed E-state index contributed by atoms with van der Waals surface area (Å²) in [5, 5.41) is 2.70. The van der Waals surface area contributed by atoms with Crippen molar-refractivity contribution in [2.75, 3.05) is 5.73 Å². The van der Waals surface area contributed by atoms with Gasteiger partial charge >= 0.3 is 0 Å². The van der Waals surface area contributed by atoms with Gasteiger partial charge in [-0.3, -0.25) is 0 Å². The maximum atomic E-state index is 13.4. The summed E-state index contributed by atoms with van der Waals surface area (Å²) in [5.41, 5.74) is 5.52. The number of nitrogens with two attached hydrogens (primary N) is 1. The minimum atomic E-state index is -0.882. The summed E-state index contributed by atoms with van der Waals surface area (Å²) in [6.07, 6.45) is 0. The SMILES string of the molecule is Nc1cc(Oc2ccc(F)cc2F)c(Cl)cc1N=O. The van der Waals surface area contributed by atoms with Crippen LogP contribution in [-0.4, -0.2) is 0 Å². The van der Waals surface area contributed by atoms with Crippen molar-refractivity contribution in [2.24, 2.45) is 5.18 Å². The second kappa shape index (κ2) is 5.19. The third-order valence-corrected chi connectivity index (χ3v) is 2.59. The highest BCUT2D eigenvalue weighted by molar-refractivity contribution is 6.32. The van der Waals surface area contributed by atoms with E-state index in [9.17, 15) is 13.7 Å². The molecule has 0 fully saturated rings. The Bertz CT molecular complexity index is 650. The van der Waals surface area contributed by atoms with Crippen LogP contribution in [0.1, 0.15) is 0 Å². The van der Waals surface area contributed by atoms with Crippen molar-refractivity contribution in [1.82, 2.24) is 0 Å². The third kappa shape index (κ3) is 2.79. The van der Waals surface area contributed by atoms with E-state index in [4.69, 9.17) is 22.1 Å². The van der Waals surface area contributed by atoms with Crippen LogP contribution in [0.15, 0.2) is 35.5 Å². The number of nitroso groups, excluding NO2 is 1. The van der Waals surface area contributed by atoms with Crippen LogP contribution in [0.3, 0.4) is 0 Å². The topological polar surface area (TPSA) is 64.7 Å². The normalized spacial score (nSPS) is 10.3. The minimum absolute atomic E-state index is 0.0347. The van der Waals surface area contributed by atoms with E-state index < -0.39 is 11.6 Å². The molecular weight excluding hydrogens is 278 g/mol. The molecule has 2 aromatic carbocycles. The lowest BCUT2D eigenvalue weighted by Gasteiger charge is -2.09. The van der Waals surface area contributed by atoms with Gasteiger partial charge in [-0.05, 0) is 23.4 Å². The Kier molecular flexibility index (Phi) is 3.62. The fourth-order valence-electron chi connectivity index (χ4n) is 1.39. The Morgan fingerprint density at radius 2 is 1.89 bits per heavy atom. The van der Waals surface area contributed by atoms with Crippen LogP contribution in [0, 0.1) is 16.5 Å². The number of nitrogen functional groups attached to an aromatic ring is 1. The second-order valence-corrected chi connectivity index (χ2v) is 4.02. The molecule has 0 saturated carbocycles. The number of anilines is 1. The molecule has 0 aromatic heterocycles. The average molecular weight is 285 g/mol. The van der Waals surface area contributed by atoms with Gasteiger partial charge in [0.25, 0.3) is 0 Å². The van der Waals surface area contributed by atoms with E-state index in [2.05, 4.69) is 5.18 Å². The first-order chi connectivity index (χ1) is 9.01. The molecule has 98 valence electrons. The number of hydrogen-bond donors (Lipinski definition) is 1. The van der Waals surface area contributed by atoms with Crippen molar-refractivity contribution in [2.45, 2.75) is 0 Å². The molecule has 0 heterocycles. The minimum Gasteiger partial charge on any atom is -0.453 e. The number of rotatable bonds is 3. The standard InChI is InChI=1S/C12H7ClF2N2O2/c13-7-4-10(17-18)9(16)5-12(7)19-11-2-1-6(14)3-8(11)15/h1-5H,16H2. The van der Waals surface area contributed by atoms with Gasteiger partial charge in [-0.1, -0.05) is 11.6 Å². The van der Waals surface area contributed by atoms with Crippen LogP contribution in [0.4, 0.5) is 20.2 Å². The Hall–Kier alpha value is -2.21. The van der Waals surface area contributed by atoms with Crippen molar-refractivity contribution >= 4 is 23.0 Å². The van der Waals surface area contributed by atoms with Crippen LogP contribution in [0.25, 0.3) is 0 Å². The van der Waals surface area contributed by atoms with Crippen molar-refractivity contribution in [3.8, 4) is 11.5 Å². The maximum absolute atomic E-state index is 13.4. The predicted molar refractivity (Wildman–Crippen MR) is 67.8 cm³/mol. The van der Waals surface area contributed by atoms with Crippen LogP contribution in [-0.2, 0) is 0 Å². The number of nitrogens with zero attached hydrogens (tertiary/aromatic N) is 1. The molecular formula is C12H7ClF2N2O2. The van der Waals surface area contributed by atoms with Gasteiger partial charge in [0, 0.05) is 12.1 Å². The molecule has 0 spiro atoms. The summed E-state index contributed by atoms with van der Waals surface area (Å²) in [7, 11) is 0. The van der Waals surface area contributed by atoms with Gasteiger partial charge < -0.3 is 10.5 Å². The fourth-order valence-corrected chi connectivity index (χ4v) is 1.59. The Morgan fingerprint density at radius 1 is 1.16 bits per heavy atom. The summed E-state index contributed by atoms with van der Waals surface area (Å²) < 4.78 is 31.3. The van der Waals surface area contributed by atoms with Crippen LogP contribution in [0.2, 0.25) is 5.02 Å². The van der Waals surface area contributed by atoms with Gasteiger partial charge in [0.15, 0.2) is 11.6 Å². The van der Waals surface area contributed by atoms with Crippen molar-refractivity contribution in [3.05, 3.63) is 51.9 Å². The van der Waals surface area contributed by atoms with E-state index in [0.717, 1.165) is 12.1 Å². The first-order valence-corrected chi connectivity index (χ1v) is 5.44. The lowest BCUT2D eigenvalue weighted by Crippen LogP contribution is -1.92. The molecule has 2 N–H and O–H groups in total. The summed E-state index contributed by atoms with van der Waals surface area (Å²) >= 11 is 5.84. The monoisotopic (exact) mass is 284 g/mol. The van der Waals surface area contributed by atoms with E-state index in [1.54, 1.807) is 0 Å². The average Bonchev–Trinajstić information content (AvgIpc) is 2.36. The largest absolute Gasteiger partial charge is 0.453 e. The number of hydrogen-bond acceptors (Lipinski definition) is 4. The van der Waals surface area contributed by atoms with Gasteiger partial charge in [0.05, 0.1) is 10.7 Å². The molecule has 4 nitrogen and oxygen atoms in total. The highest BCUT2D eigenvalue weighted by Gasteiger charge is 2.12. The van der Waals surface area contributed by atoms with Gasteiger partial charge in [0.2, 0.25) is 0 Å². The van der Waals surface area contributed by atoms with Gasteiger partial charge in [-0.15, -0.1) is 4.91 Å². The van der Waals surface area contributed by atoms with Crippen LogP contribution < -0.4 is 10.5 Å². The van der Waals surface area contributed by atoms with E-state index in [0.29, 0.717) is 6.07 Å². The van der Waals surface area contributed by atoms with E-state index in [1.165, 1.54) is 12.1 Å². The first kappa shape index (κ1) is 13.2. The molecule has 0 atom stereocenters. The first-order valence-electron chi connectivity index (χ1n) is 5.06. The number of halogens is 3. The van der Waals surface area contributed by atoms with E-state index >= 15 is 0 Å². The maximum Gasteiger partial charge on any atom is 0.168 e. The quantitative estimate of drug-likeness (QED) is 0.671. The Morgan fingerprint density at radius 3 is 2.53 bits per heavy atom. The van der Waals surface area contributed by atoms with Gasteiger partial charge in [-0.25, -0.2) is 8.78 Å². The molecule has 0 bridgehead atoms. The smallest absolute Gasteiger partial charge is 0.168 e. The molecule has 0 saturated heterocycles. The summed E-state index contributed by atoms with van der Waals surface area (Å²) in [5.74, 6) is -1.78. The second-order valence-electron chi connectivity index (χ2n) is 3.61. The Labute approximate surface area is 111 Å². The highest BCUT2D eigenvalue weighted by Crippen LogP contribution is 2.37. The van der Waals surface area contributed by atoms with Crippen molar-refractivity contribution < 1.29 is 13.5 Å². The molecule has 2 aromatic rings. The van der Waals surface area contributed by atoms with Crippen molar-refractivity contribution in [3.63, 3.8) is 0 Å². The molecule has 0 unspecified atom stereocenters. The third-order valence-electron chi connectivity index (χ3n) is 2.29. The lowest BCUT2D eigenvalue weighted by molar-refractivity contribution is 0.438. The zero-order valence-corrected chi connectivity index (χ0v) is 10.1. The van der Waals surface area contributed by atoms with Crippen molar-refractivity contribution in [1.29, 1.82) is 0 Å². The zero-order chi connectivity index (χ0) is 14.0. The molecule has 7 heteroatoms. The summed E-state index contributed by atoms with van der Waals surface area (Å²) in [6.45, 7) is 0.